The van der Waals surface area contributed by atoms with Crippen LogP contribution in [0.15, 0.2) is 51.9 Å². The molecule has 7 heteroatoms. The second kappa shape index (κ2) is 5.27. The van der Waals surface area contributed by atoms with Crippen molar-refractivity contribution < 1.29 is 4.74 Å². The second-order valence-electron chi connectivity index (χ2n) is 5.20. The van der Waals surface area contributed by atoms with Crippen LogP contribution in [0.4, 0.5) is 5.95 Å². The van der Waals surface area contributed by atoms with Crippen molar-refractivity contribution in [1.82, 2.24) is 9.55 Å². The Morgan fingerprint density at radius 3 is 2.87 bits per heavy atom. The van der Waals surface area contributed by atoms with Gasteiger partial charge in [0.25, 0.3) is 0 Å². The smallest absolute Gasteiger partial charge is 0.212 e. The molecule has 6 nitrogen and oxygen atoms in total. The van der Waals surface area contributed by atoms with Gasteiger partial charge in [-0.25, -0.2) is 9.98 Å². The fourth-order valence-corrected chi connectivity index (χ4v) is 3.34. The van der Waals surface area contributed by atoms with Crippen molar-refractivity contribution in [3.8, 4) is 5.75 Å². The number of aromatic nitrogens is 2. The molecule has 116 valence electrons. The van der Waals surface area contributed by atoms with E-state index in [1.807, 2.05) is 47.0 Å². The summed E-state index contributed by atoms with van der Waals surface area (Å²) in [6.07, 6.45) is -0.277. The van der Waals surface area contributed by atoms with Gasteiger partial charge in [0, 0.05) is 0 Å². The summed E-state index contributed by atoms with van der Waals surface area (Å²) in [5, 5.41) is 3.03. The molecule has 0 fully saturated rings. The third-order valence-corrected chi connectivity index (χ3v) is 4.44. The number of hydrogen-bond donors (Lipinski definition) is 2. The predicted octanol–water partition coefficient (Wildman–Crippen LogP) is 3.09. The molecule has 1 aliphatic heterocycles. The molecule has 3 N–H and O–H groups in total. The maximum absolute atomic E-state index is 5.94. The van der Waals surface area contributed by atoms with E-state index in [0.717, 1.165) is 26.8 Å². The Kier molecular flexibility index (Phi) is 3.23. The molecule has 0 bridgehead atoms. The van der Waals surface area contributed by atoms with Crippen LogP contribution in [0, 0.1) is 0 Å². The lowest BCUT2D eigenvalue weighted by Crippen LogP contribution is -2.31. The van der Waals surface area contributed by atoms with Gasteiger partial charge in [0.15, 0.2) is 12.1 Å². The Balaban J connectivity index is 1.91. The average Bonchev–Trinajstić information content (AvgIpc) is 2.92. The number of halogens is 1. The summed E-state index contributed by atoms with van der Waals surface area (Å²) < 4.78 is 8.21. The number of guanidine groups is 1. The molecule has 0 radical (unpaired) electrons. The van der Waals surface area contributed by atoms with E-state index in [9.17, 15) is 0 Å². The first-order chi connectivity index (χ1) is 11.2. The molecule has 3 aromatic rings. The summed E-state index contributed by atoms with van der Waals surface area (Å²) in [5.74, 6) is 1.82. The number of benzene rings is 2. The summed E-state index contributed by atoms with van der Waals surface area (Å²) in [4.78, 5) is 9.15. The van der Waals surface area contributed by atoms with Crippen LogP contribution >= 0.6 is 15.9 Å². The molecule has 0 aliphatic carbocycles. The van der Waals surface area contributed by atoms with Gasteiger partial charge < -0.3 is 10.5 Å². The number of fused-ring (bicyclic) bond motifs is 3. The van der Waals surface area contributed by atoms with Crippen molar-refractivity contribution in [3.05, 3.63) is 52.5 Å². The second-order valence-corrected chi connectivity index (χ2v) is 6.06. The van der Waals surface area contributed by atoms with Crippen LogP contribution in [0.25, 0.3) is 11.0 Å². The van der Waals surface area contributed by atoms with Crippen molar-refractivity contribution >= 4 is 38.9 Å². The molecular weight excluding hydrogens is 358 g/mol. The van der Waals surface area contributed by atoms with E-state index in [-0.39, 0.29) is 6.17 Å². The van der Waals surface area contributed by atoms with Crippen molar-refractivity contribution in [2.24, 2.45) is 10.7 Å². The number of nitrogens with zero attached hydrogens (tertiary/aromatic N) is 3. The quantitative estimate of drug-likeness (QED) is 0.725. The van der Waals surface area contributed by atoms with E-state index < -0.39 is 0 Å². The Hall–Kier alpha value is -2.54. The lowest BCUT2D eigenvalue weighted by atomic mass is 10.1. The third-order valence-electron chi connectivity index (χ3n) is 3.82. The maximum atomic E-state index is 5.94. The minimum absolute atomic E-state index is 0.277. The highest BCUT2D eigenvalue weighted by molar-refractivity contribution is 9.10. The lowest BCUT2D eigenvalue weighted by molar-refractivity contribution is 0.411. The van der Waals surface area contributed by atoms with E-state index >= 15 is 0 Å². The van der Waals surface area contributed by atoms with E-state index in [1.54, 1.807) is 7.11 Å². The van der Waals surface area contributed by atoms with Gasteiger partial charge in [0.2, 0.25) is 5.95 Å². The number of nitrogens with one attached hydrogen (secondary N) is 1. The molecule has 0 saturated carbocycles. The predicted molar refractivity (Wildman–Crippen MR) is 93.8 cm³/mol. The molecule has 1 aliphatic rings. The van der Waals surface area contributed by atoms with Crippen LogP contribution in [0.1, 0.15) is 11.7 Å². The zero-order valence-corrected chi connectivity index (χ0v) is 13.9. The van der Waals surface area contributed by atoms with Crippen LogP contribution in [-0.2, 0) is 0 Å². The largest absolute Gasteiger partial charge is 0.496 e. The molecular formula is C16H14BrN5O. The molecule has 1 aromatic heterocycles. The van der Waals surface area contributed by atoms with Crippen LogP contribution in [0.3, 0.4) is 0 Å². The number of para-hydroxylation sites is 2. The van der Waals surface area contributed by atoms with E-state index in [0.29, 0.717) is 11.9 Å². The number of hydrogen-bond acceptors (Lipinski definition) is 5. The Morgan fingerprint density at radius 1 is 1.26 bits per heavy atom. The summed E-state index contributed by atoms with van der Waals surface area (Å²) >= 11 is 3.52. The van der Waals surface area contributed by atoms with Crippen LogP contribution in [-0.4, -0.2) is 22.6 Å². The number of rotatable bonds is 2. The number of nitrogens with two attached hydrogens (primary N) is 1. The normalized spacial score (nSPS) is 16.6. The third kappa shape index (κ3) is 2.24. The summed E-state index contributed by atoms with van der Waals surface area (Å²) in [5.41, 5.74) is 8.84. The first kappa shape index (κ1) is 14.1. The number of methoxy groups -OCH3 is 1. The highest BCUT2D eigenvalue weighted by atomic mass is 79.9. The lowest BCUT2D eigenvalue weighted by Gasteiger charge is -2.24. The summed E-state index contributed by atoms with van der Waals surface area (Å²) in [6, 6.07) is 13.8. The first-order valence-corrected chi connectivity index (χ1v) is 7.87. The standard InChI is InChI=1S/C16H14BrN5O/c1-23-13-7-6-9(8-10(13)17)14-20-15(18)21-16-19-11-4-2-3-5-12(11)22(14)16/h2-8,14H,1H3,(H3,18,19,20,21)/t14-/m0/s1. The van der Waals surface area contributed by atoms with Gasteiger partial charge >= 0.3 is 0 Å². The van der Waals surface area contributed by atoms with Gasteiger partial charge in [-0.15, -0.1) is 0 Å². The van der Waals surface area contributed by atoms with Crippen molar-refractivity contribution in [2.75, 3.05) is 12.4 Å². The van der Waals surface area contributed by atoms with E-state index in [2.05, 4.69) is 31.2 Å². The number of anilines is 1. The number of aliphatic imine (C=N–C) groups is 1. The molecule has 0 amide bonds. The molecule has 23 heavy (non-hydrogen) atoms. The Morgan fingerprint density at radius 2 is 2.09 bits per heavy atom. The Bertz CT molecular complexity index is 933. The molecule has 4 rings (SSSR count). The van der Waals surface area contributed by atoms with Gasteiger partial charge in [-0.1, -0.05) is 18.2 Å². The van der Waals surface area contributed by atoms with Gasteiger partial charge in [-0.2, -0.15) is 0 Å². The minimum Gasteiger partial charge on any atom is -0.496 e. The van der Waals surface area contributed by atoms with Gasteiger partial charge in [0.05, 0.1) is 22.6 Å². The summed E-state index contributed by atoms with van der Waals surface area (Å²) in [6.45, 7) is 0. The highest BCUT2D eigenvalue weighted by Gasteiger charge is 2.25. The molecule has 2 heterocycles. The van der Waals surface area contributed by atoms with Gasteiger partial charge in [0.1, 0.15) is 5.75 Å². The van der Waals surface area contributed by atoms with Crippen LogP contribution in [0.2, 0.25) is 0 Å². The van der Waals surface area contributed by atoms with Crippen molar-refractivity contribution in [3.63, 3.8) is 0 Å². The fourth-order valence-electron chi connectivity index (χ4n) is 2.78. The zero-order valence-electron chi connectivity index (χ0n) is 12.3. The van der Waals surface area contributed by atoms with Crippen molar-refractivity contribution in [1.29, 1.82) is 0 Å². The first-order valence-electron chi connectivity index (χ1n) is 7.08. The molecule has 1 atom stereocenters. The van der Waals surface area contributed by atoms with Crippen LogP contribution in [0.5, 0.6) is 5.75 Å². The summed E-state index contributed by atoms with van der Waals surface area (Å²) in [7, 11) is 1.64. The SMILES string of the molecule is COc1ccc([C@H]2N=C(N)Nc3nc4ccccc4n32)cc1Br. The van der Waals surface area contributed by atoms with Gasteiger partial charge in [-0.05, 0) is 45.8 Å². The average molecular weight is 372 g/mol. The molecule has 0 spiro atoms. The topological polar surface area (TPSA) is 77.5 Å². The van der Waals surface area contributed by atoms with E-state index in [4.69, 9.17) is 10.5 Å². The number of ether oxygens (including phenoxy) is 1. The fraction of sp³-hybridized carbons (Fsp3) is 0.125. The van der Waals surface area contributed by atoms with Crippen LogP contribution < -0.4 is 15.8 Å². The minimum atomic E-state index is -0.277. The zero-order chi connectivity index (χ0) is 16.0. The number of imidazole rings is 1. The maximum Gasteiger partial charge on any atom is 0.212 e. The Labute approximate surface area is 141 Å². The molecule has 0 unspecified atom stereocenters. The highest BCUT2D eigenvalue weighted by Crippen LogP contribution is 2.35. The van der Waals surface area contributed by atoms with E-state index in [1.165, 1.54) is 0 Å². The molecule has 0 saturated heterocycles. The van der Waals surface area contributed by atoms with Crippen molar-refractivity contribution in [2.45, 2.75) is 6.17 Å². The molecule has 2 aromatic carbocycles. The van der Waals surface area contributed by atoms with Gasteiger partial charge in [-0.3, -0.25) is 9.88 Å². The monoisotopic (exact) mass is 371 g/mol.